The Bertz CT molecular complexity index is 1060. The zero-order valence-corrected chi connectivity index (χ0v) is 15.3. The third kappa shape index (κ3) is 5.16. The zero-order valence-electron chi connectivity index (χ0n) is 15.3. The molecule has 0 aliphatic heterocycles. The largest absolute Gasteiger partial charge is 0.456 e. The minimum atomic E-state index is -0.825. The van der Waals surface area contributed by atoms with E-state index < -0.39 is 29.2 Å². The lowest BCUT2D eigenvalue weighted by Gasteiger charge is -2.07. The van der Waals surface area contributed by atoms with Crippen LogP contribution in [0.1, 0.15) is 18.4 Å². The van der Waals surface area contributed by atoms with Gasteiger partial charge in [-0.1, -0.05) is 18.2 Å². The first-order valence-corrected chi connectivity index (χ1v) is 8.88. The summed E-state index contributed by atoms with van der Waals surface area (Å²) in [4.78, 5) is 36.8. The first-order chi connectivity index (χ1) is 13.9. The molecule has 0 spiro atoms. The Labute approximate surface area is 164 Å². The van der Waals surface area contributed by atoms with Crippen molar-refractivity contribution in [1.29, 1.82) is 0 Å². The van der Waals surface area contributed by atoms with E-state index in [0.29, 0.717) is 12.8 Å². The van der Waals surface area contributed by atoms with Gasteiger partial charge in [0.2, 0.25) is 0 Å². The summed E-state index contributed by atoms with van der Waals surface area (Å²) in [5.74, 6) is -2.16. The first-order valence-electron chi connectivity index (χ1n) is 8.88. The van der Waals surface area contributed by atoms with Gasteiger partial charge in [0.05, 0.1) is 10.6 Å². The van der Waals surface area contributed by atoms with Gasteiger partial charge in [0.25, 0.3) is 11.6 Å². The summed E-state index contributed by atoms with van der Waals surface area (Å²) in [6.07, 6.45) is 3.24. The zero-order chi connectivity index (χ0) is 20.8. The number of nitro benzene ring substituents is 1. The van der Waals surface area contributed by atoms with Gasteiger partial charge in [0.15, 0.2) is 6.61 Å². The van der Waals surface area contributed by atoms with Crippen LogP contribution in [0.15, 0.2) is 48.7 Å². The van der Waals surface area contributed by atoms with E-state index in [-0.39, 0.29) is 17.8 Å². The minimum absolute atomic E-state index is 0.123. The minimum Gasteiger partial charge on any atom is -0.456 e. The van der Waals surface area contributed by atoms with Crippen molar-refractivity contribution in [2.45, 2.75) is 19.3 Å². The van der Waals surface area contributed by atoms with Crippen molar-refractivity contribution in [3.05, 3.63) is 70.2 Å². The van der Waals surface area contributed by atoms with Crippen LogP contribution in [0.3, 0.4) is 0 Å². The first kappa shape index (κ1) is 20.0. The standard InChI is InChI=1S/C20H18FN3O5/c21-16-9-8-14(24(27)28)10-18(16)23-19(25)12-29-20(26)7-3-4-13-11-22-17-6-2-1-5-15(13)17/h1-2,5-6,8-11,22H,3-4,7,12H2,(H,23,25). The van der Waals surface area contributed by atoms with Gasteiger partial charge in [-0.3, -0.25) is 19.7 Å². The number of amides is 1. The van der Waals surface area contributed by atoms with E-state index in [0.717, 1.165) is 34.7 Å². The van der Waals surface area contributed by atoms with E-state index >= 15 is 0 Å². The second kappa shape index (κ2) is 8.96. The molecule has 8 nitrogen and oxygen atoms in total. The van der Waals surface area contributed by atoms with Crippen LogP contribution in [-0.2, 0) is 20.7 Å². The number of carbonyl (C=O) groups excluding carboxylic acids is 2. The lowest BCUT2D eigenvalue weighted by Crippen LogP contribution is -2.21. The van der Waals surface area contributed by atoms with Crippen LogP contribution in [0.5, 0.6) is 0 Å². The van der Waals surface area contributed by atoms with E-state index in [1.165, 1.54) is 0 Å². The van der Waals surface area contributed by atoms with Crippen molar-refractivity contribution in [3.63, 3.8) is 0 Å². The van der Waals surface area contributed by atoms with Crippen LogP contribution >= 0.6 is 0 Å². The van der Waals surface area contributed by atoms with Crippen LogP contribution in [0.4, 0.5) is 15.8 Å². The SMILES string of the molecule is O=C(COC(=O)CCCc1c[nH]c2ccccc12)Nc1cc([N+](=O)[O-])ccc1F. The Morgan fingerprint density at radius 1 is 1.21 bits per heavy atom. The summed E-state index contributed by atoms with van der Waals surface area (Å²) < 4.78 is 18.5. The van der Waals surface area contributed by atoms with Gasteiger partial charge < -0.3 is 15.0 Å². The number of nitrogens with one attached hydrogen (secondary N) is 2. The fourth-order valence-corrected chi connectivity index (χ4v) is 2.89. The molecule has 2 N–H and O–H groups in total. The van der Waals surface area contributed by atoms with Gasteiger partial charge >= 0.3 is 5.97 Å². The Morgan fingerprint density at radius 3 is 2.79 bits per heavy atom. The van der Waals surface area contributed by atoms with Gasteiger partial charge in [-0.2, -0.15) is 0 Å². The lowest BCUT2D eigenvalue weighted by molar-refractivity contribution is -0.384. The van der Waals surface area contributed by atoms with E-state index in [2.05, 4.69) is 10.3 Å². The number of carbonyl (C=O) groups is 2. The fraction of sp³-hybridized carbons (Fsp3) is 0.200. The highest BCUT2D eigenvalue weighted by molar-refractivity contribution is 5.93. The lowest BCUT2D eigenvalue weighted by atomic mass is 10.1. The summed E-state index contributed by atoms with van der Waals surface area (Å²) >= 11 is 0. The third-order valence-corrected chi connectivity index (χ3v) is 4.30. The van der Waals surface area contributed by atoms with Gasteiger partial charge in [0, 0.05) is 35.7 Å². The molecule has 3 rings (SSSR count). The molecule has 1 heterocycles. The van der Waals surface area contributed by atoms with Crippen molar-refractivity contribution in [3.8, 4) is 0 Å². The Morgan fingerprint density at radius 2 is 2.00 bits per heavy atom. The number of halogens is 1. The summed E-state index contributed by atoms with van der Waals surface area (Å²) in [7, 11) is 0. The van der Waals surface area contributed by atoms with Gasteiger partial charge in [-0.15, -0.1) is 0 Å². The number of nitrogens with zero attached hydrogens (tertiary/aromatic N) is 1. The Kier molecular flexibility index (Phi) is 6.18. The number of benzene rings is 2. The summed E-state index contributed by atoms with van der Waals surface area (Å²) in [6, 6.07) is 10.6. The summed E-state index contributed by atoms with van der Waals surface area (Å²) in [5, 5.41) is 14.0. The molecule has 1 aromatic heterocycles. The molecule has 1 amide bonds. The summed E-state index contributed by atoms with van der Waals surface area (Å²) in [5.41, 5.74) is 1.40. The van der Waals surface area contributed by atoms with Crippen LogP contribution in [0.25, 0.3) is 10.9 Å². The predicted molar refractivity (Wildman–Crippen MR) is 104 cm³/mol. The molecular weight excluding hydrogens is 381 g/mol. The van der Waals surface area contributed by atoms with E-state index in [1.807, 2.05) is 30.5 Å². The molecule has 0 unspecified atom stereocenters. The molecule has 0 saturated heterocycles. The number of aryl methyl sites for hydroxylation is 1. The van der Waals surface area contributed by atoms with E-state index in [4.69, 9.17) is 4.74 Å². The van der Waals surface area contributed by atoms with Gasteiger partial charge in [0.1, 0.15) is 5.82 Å². The number of rotatable bonds is 8. The van der Waals surface area contributed by atoms with Crippen molar-refractivity contribution < 1.29 is 23.6 Å². The topological polar surface area (TPSA) is 114 Å². The molecule has 0 saturated carbocycles. The normalized spacial score (nSPS) is 10.7. The number of para-hydroxylation sites is 1. The number of anilines is 1. The predicted octanol–water partition coefficient (Wildman–Crippen LogP) is 3.72. The number of esters is 1. The van der Waals surface area contributed by atoms with Crippen molar-refractivity contribution in [2.24, 2.45) is 0 Å². The number of hydrogen-bond acceptors (Lipinski definition) is 5. The molecule has 2 aromatic carbocycles. The maximum atomic E-state index is 13.7. The van der Waals surface area contributed by atoms with E-state index in [9.17, 15) is 24.1 Å². The number of fused-ring (bicyclic) bond motifs is 1. The smallest absolute Gasteiger partial charge is 0.306 e. The Balaban J connectivity index is 1.44. The highest BCUT2D eigenvalue weighted by Crippen LogP contribution is 2.21. The molecule has 9 heteroatoms. The monoisotopic (exact) mass is 399 g/mol. The second-order valence-electron chi connectivity index (χ2n) is 6.34. The van der Waals surface area contributed by atoms with Crippen LogP contribution in [-0.4, -0.2) is 28.4 Å². The molecule has 29 heavy (non-hydrogen) atoms. The van der Waals surface area contributed by atoms with Crippen LogP contribution < -0.4 is 5.32 Å². The molecule has 3 aromatic rings. The number of non-ortho nitro benzene ring substituents is 1. The van der Waals surface area contributed by atoms with Gasteiger partial charge in [-0.05, 0) is 30.5 Å². The van der Waals surface area contributed by atoms with Crippen LogP contribution in [0, 0.1) is 15.9 Å². The van der Waals surface area contributed by atoms with Crippen molar-refractivity contribution >= 4 is 34.2 Å². The maximum absolute atomic E-state index is 13.7. The number of aromatic amines is 1. The molecule has 0 radical (unpaired) electrons. The van der Waals surface area contributed by atoms with Gasteiger partial charge in [-0.25, -0.2) is 4.39 Å². The molecule has 0 atom stereocenters. The molecule has 0 bridgehead atoms. The third-order valence-electron chi connectivity index (χ3n) is 4.30. The molecule has 0 fully saturated rings. The summed E-state index contributed by atoms with van der Waals surface area (Å²) in [6.45, 7) is -0.603. The van der Waals surface area contributed by atoms with Crippen molar-refractivity contribution in [1.82, 2.24) is 4.98 Å². The van der Waals surface area contributed by atoms with Crippen molar-refractivity contribution in [2.75, 3.05) is 11.9 Å². The fourth-order valence-electron chi connectivity index (χ4n) is 2.89. The van der Waals surface area contributed by atoms with E-state index in [1.54, 1.807) is 0 Å². The average molecular weight is 399 g/mol. The highest BCUT2D eigenvalue weighted by Gasteiger charge is 2.14. The highest BCUT2D eigenvalue weighted by atomic mass is 19.1. The number of H-pyrrole nitrogens is 1. The number of nitro groups is 1. The second-order valence-corrected chi connectivity index (χ2v) is 6.34. The molecule has 150 valence electrons. The number of ether oxygens (including phenoxy) is 1. The molecule has 0 aliphatic rings. The quantitative estimate of drug-likeness (QED) is 0.340. The van der Waals surface area contributed by atoms with Crippen LogP contribution in [0.2, 0.25) is 0 Å². The number of hydrogen-bond donors (Lipinski definition) is 2. The number of aromatic nitrogens is 1. The molecule has 0 aliphatic carbocycles. The average Bonchev–Trinajstić information content (AvgIpc) is 3.11. The Hall–Kier alpha value is -3.75. The maximum Gasteiger partial charge on any atom is 0.306 e. The molecular formula is C20H18FN3O5.